The van der Waals surface area contributed by atoms with Crippen molar-refractivity contribution in [1.29, 1.82) is 0 Å². The van der Waals surface area contributed by atoms with Crippen LogP contribution in [0.4, 0.5) is 0 Å². The van der Waals surface area contributed by atoms with Crippen LogP contribution in [-0.4, -0.2) is 5.16 Å². The molecule has 0 radical (unpaired) electrons. The number of hydrogen-bond donors (Lipinski definition) is 1. The molecule has 1 N–H and O–H groups in total. The van der Waals surface area contributed by atoms with Crippen molar-refractivity contribution in [1.82, 2.24) is 10.5 Å². The van der Waals surface area contributed by atoms with Crippen molar-refractivity contribution in [3.63, 3.8) is 0 Å². The van der Waals surface area contributed by atoms with Gasteiger partial charge in [-0.05, 0) is 43.7 Å². The molecule has 0 amide bonds. The third kappa shape index (κ3) is 2.40. The van der Waals surface area contributed by atoms with E-state index in [-0.39, 0.29) is 11.5 Å². The summed E-state index contributed by atoms with van der Waals surface area (Å²) in [6.07, 6.45) is 1.12. The molecule has 2 unspecified atom stereocenters. The van der Waals surface area contributed by atoms with Gasteiger partial charge in [0.1, 0.15) is 5.76 Å². The molecule has 3 rings (SSSR count). The number of fused-ring (bicyclic) bond motifs is 1. The van der Waals surface area contributed by atoms with Crippen molar-refractivity contribution in [3.05, 3.63) is 52.4 Å². The molecule has 2 aromatic rings. The zero-order valence-corrected chi connectivity index (χ0v) is 13.5. The average molecular weight is 284 g/mol. The molecule has 0 aliphatic heterocycles. The summed E-state index contributed by atoms with van der Waals surface area (Å²) in [5.41, 5.74) is 5.29. The Labute approximate surface area is 126 Å². The Balaban J connectivity index is 1.90. The first-order valence-corrected chi connectivity index (χ1v) is 7.67. The number of hydrogen-bond acceptors (Lipinski definition) is 3. The Bertz CT molecular complexity index is 637. The van der Waals surface area contributed by atoms with Gasteiger partial charge in [-0.1, -0.05) is 43.3 Å². The minimum absolute atomic E-state index is 0.219. The molecule has 1 aromatic carbocycles. The van der Waals surface area contributed by atoms with Crippen molar-refractivity contribution in [2.45, 2.75) is 53.1 Å². The van der Waals surface area contributed by atoms with E-state index in [0.717, 1.165) is 17.9 Å². The first-order valence-electron chi connectivity index (χ1n) is 7.67. The number of rotatable bonds is 3. The fourth-order valence-electron chi connectivity index (χ4n) is 3.75. The smallest absolute Gasteiger partial charge is 0.138 e. The third-order valence-corrected chi connectivity index (χ3v) is 4.73. The Morgan fingerprint density at radius 2 is 2.00 bits per heavy atom. The number of aryl methyl sites for hydroxylation is 2. The number of nitrogens with one attached hydrogen (secondary N) is 1. The molecule has 3 heteroatoms. The second-order valence-electron chi connectivity index (χ2n) is 6.92. The Morgan fingerprint density at radius 1 is 1.29 bits per heavy atom. The predicted molar refractivity (Wildman–Crippen MR) is 84.2 cm³/mol. The lowest BCUT2D eigenvalue weighted by atomic mass is 9.84. The predicted octanol–water partition coefficient (Wildman–Crippen LogP) is 4.27. The van der Waals surface area contributed by atoms with Crippen LogP contribution in [0, 0.1) is 19.3 Å². The summed E-state index contributed by atoms with van der Waals surface area (Å²) in [7, 11) is 0. The molecule has 3 nitrogen and oxygen atoms in total. The highest BCUT2D eigenvalue weighted by Gasteiger charge is 2.39. The van der Waals surface area contributed by atoms with Gasteiger partial charge in [-0.2, -0.15) is 0 Å². The van der Waals surface area contributed by atoms with Gasteiger partial charge in [0.25, 0.3) is 0 Å². The lowest BCUT2D eigenvalue weighted by Crippen LogP contribution is -2.33. The first kappa shape index (κ1) is 14.3. The molecule has 0 saturated heterocycles. The SMILES string of the molecule is Cc1noc(C)c1C(C)NC1c2ccccc2CC1(C)C. The van der Waals surface area contributed by atoms with E-state index in [2.05, 4.69) is 55.5 Å². The van der Waals surface area contributed by atoms with Crippen LogP contribution < -0.4 is 5.32 Å². The van der Waals surface area contributed by atoms with Gasteiger partial charge in [-0.25, -0.2) is 0 Å². The molecule has 0 bridgehead atoms. The molecule has 1 aromatic heterocycles. The number of nitrogens with zero attached hydrogens (tertiary/aromatic N) is 1. The van der Waals surface area contributed by atoms with E-state index in [9.17, 15) is 0 Å². The summed E-state index contributed by atoms with van der Waals surface area (Å²) in [4.78, 5) is 0. The second-order valence-corrected chi connectivity index (χ2v) is 6.92. The Morgan fingerprint density at radius 3 is 2.67 bits per heavy atom. The number of benzene rings is 1. The van der Waals surface area contributed by atoms with E-state index < -0.39 is 0 Å². The van der Waals surface area contributed by atoms with Gasteiger partial charge in [-0.3, -0.25) is 0 Å². The maximum Gasteiger partial charge on any atom is 0.138 e. The molecule has 1 aliphatic rings. The third-order valence-electron chi connectivity index (χ3n) is 4.73. The second kappa shape index (κ2) is 4.99. The molecular formula is C18H24N2O. The van der Waals surface area contributed by atoms with Gasteiger partial charge in [0, 0.05) is 17.6 Å². The maximum atomic E-state index is 5.31. The van der Waals surface area contributed by atoms with Crippen molar-refractivity contribution >= 4 is 0 Å². The molecule has 0 fully saturated rings. The van der Waals surface area contributed by atoms with Crippen LogP contribution in [0.25, 0.3) is 0 Å². The van der Waals surface area contributed by atoms with E-state index >= 15 is 0 Å². The van der Waals surface area contributed by atoms with Crippen molar-refractivity contribution in [2.75, 3.05) is 0 Å². The normalized spacial score (nSPS) is 21.3. The topological polar surface area (TPSA) is 38.1 Å². The zero-order valence-electron chi connectivity index (χ0n) is 13.5. The van der Waals surface area contributed by atoms with E-state index in [0.29, 0.717) is 6.04 Å². The fourth-order valence-corrected chi connectivity index (χ4v) is 3.75. The summed E-state index contributed by atoms with van der Waals surface area (Å²) in [5, 5.41) is 7.89. The van der Waals surface area contributed by atoms with E-state index in [4.69, 9.17) is 4.52 Å². The lowest BCUT2D eigenvalue weighted by molar-refractivity contribution is 0.251. The molecule has 1 aliphatic carbocycles. The monoisotopic (exact) mass is 284 g/mol. The van der Waals surface area contributed by atoms with Crippen molar-refractivity contribution in [2.24, 2.45) is 5.41 Å². The maximum absolute atomic E-state index is 5.31. The number of aromatic nitrogens is 1. The molecule has 0 saturated carbocycles. The standard InChI is InChI=1S/C18H24N2O/c1-11(16-12(2)20-21-13(16)3)19-17-15-9-7-6-8-14(15)10-18(17,4)5/h6-9,11,17,19H,10H2,1-5H3. The molecular weight excluding hydrogens is 260 g/mol. The van der Waals surface area contributed by atoms with E-state index in [1.54, 1.807) is 0 Å². The van der Waals surface area contributed by atoms with Crippen LogP contribution in [0.15, 0.2) is 28.8 Å². The molecule has 0 spiro atoms. The van der Waals surface area contributed by atoms with Crippen LogP contribution in [-0.2, 0) is 6.42 Å². The van der Waals surface area contributed by atoms with Crippen LogP contribution in [0.2, 0.25) is 0 Å². The van der Waals surface area contributed by atoms with E-state index in [1.165, 1.54) is 16.7 Å². The summed E-state index contributed by atoms with van der Waals surface area (Å²) in [5.74, 6) is 0.914. The first-order chi connectivity index (χ1) is 9.90. The highest BCUT2D eigenvalue weighted by atomic mass is 16.5. The van der Waals surface area contributed by atoms with Gasteiger partial charge in [-0.15, -0.1) is 0 Å². The summed E-state index contributed by atoms with van der Waals surface area (Å²) in [6, 6.07) is 9.36. The molecule has 2 atom stereocenters. The highest BCUT2D eigenvalue weighted by molar-refractivity contribution is 5.38. The minimum Gasteiger partial charge on any atom is -0.361 e. The fraction of sp³-hybridized carbons (Fsp3) is 0.500. The Kier molecular flexibility index (Phi) is 3.40. The van der Waals surface area contributed by atoms with Gasteiger partial charge in [0.15, 0.2) is 0 Å². The summed E-state index contributed by atoms with van der Waals surface area (Å²) < 4.78 is 5.31. The molecule has 112 valence electrons. The zero-order chi connectivity index (χ0) is 15.2. The minimum atomic E-state index is 0.219. The average Bonchev–Trinajstić information content (AvgIpc) is 2.87. The van der Waals surface area contributed by atoms with Crippen LogP contribution in [0.5, 0.6) is 0 Å². The van der Waals surface area contributed by atoms with Gasteiger partial charge in [0.2, 0.25) is 0 Å². The molecule has 21 heavy (non-hydrogen) atoms. The largest absolute Gasteiger partial charge is 0.361 e. The highest BCUT2D eigenvalue weighted by Crippen LogP contribution is 2.46. The lowest BCUT2D eigenvalue weighted by Gasteiger charge is -2.31. The Hall–Kier alpha value is -1.61. The quantitative estimate of drug-likeness (QED) is 0.915. The van der Waals surface area contributed by atoms with Crippen molar-refractivity contribution in [3.8, 4) is 0 Å². The van der Waals surface area contributed by atoms with Crippen LogP contribution in [0.3, 0.4) is 0 Å². The van der Waals surface area contributed by atoms with Crippen LogP contribution >= 0.6 is 0 Å². The van der Waals surface area contributed by atoms with Gasteiger partial charge < -0.3 is 9.84 Å². The van der Waals surface area contributed by atoms with E-state index in [1.807, 2.05) is 13.8 Å². The summed E-state index contributed by atoms with van der Waals surface area (Å²) >= 11 is 0. The van der Waals surface area contributed by atoms with Gasteiger partial charge >= 0.3 is 0 Å². The summed E-state index contributed by atoms with van der Waals surface area (Å²) in [6.45, 7) is 10.9. The molecule has 1 heterocycles. The van der Waals surface area contributed by atoms with Gasteiger partial charge in [0.05, 0.1) is 5.69 Å². The van der Waals surface area contributed by atoms with Crippen LogP contribution in [0.1, 0.15) is 61.0 Å². The van der Waals surface area contributed by atoms with Crippen molar-refractivity contribution < 1.29 is 4.52 Å².